The van der Waals surface area contributed by atoms with E-state index in [1.165, 1.54) is 128 Å². The number of allylic oxidation sites excluding steroid dienone is 2. The van der Waals surface area contributed by atoms with Crippen molar-refractivity contribution in [1.29, 1.82) is 0 Å². The highest BCUT2D eigenvalue weighted by Gasteiger charge is 2.24. The van der Waals surface area contributed by atoms with Gasteiger partial charge < -0.3 is 20.3 Å². The van der Waals surface area contributed by atoms with Gasteiger partial charge in [-0.15, -0.1) is 0 Å². The third kappa shape index (κ3) is 33.7. The molecule has 0 saturated heterocycles. The Balaban J connectivity index is 4.41. The summed E-state index contributed by atoms with van der Waals surface area (Å²) in [5.41, 5.74) is 0. The average Bonchev–Trinajstić information content (AvgIpc) is 3.10. The van der Waals surface area contributed by atoms with Crippen molar-refractivity contribution in [2.45, 2.75) is 251 Å². The number of ether oxygens (including phenoxy) is 1. The average molecular weight is 708 g/mol. The van der Waals surface area contributed by atoms with E-state index in [0.717, 1.165) is 57.8 Å². The highest BCUT2D eigenvalue weighted by molar-refractivity contribution is 5.77. The lowest BCUT2D eigenvalue weighted by atomic mass is 10.0. The molecule has 6 heteroatoms. The molecule has 0 heterocycles. The van der Waals surface area contributed by atoms with Crippen molar-refractivity contribution in [3.8, 4) is 0 Å². The topological polar surface area (TPSA) is 95.9 Å². The minimum atomic E-state index is -0.780. The van der Waals surface area contributed by atoms with Crippen LogP contribution in [0.15, 0.2) is 12.2 Å². The molecule has 0 aliphatic carbocycles. The second kappa shape index (κ2) is 38.8. The highest BCUT2D eigenvalue weighted by Crippen LogP contribution is 2.17. The molecule has 0 aromatic carbocycles. The number of aliphatic hydroxyl groups excluding tert-OH is 2. The number of nitrogens with one attached hydrogen (secondary N) is 1. The molecule has 0 bridgehead atoms. The van der Waals surface area contributed by atoms with Crippen molar-refractivity contribution in [2.75, 3.05) is 6.61 Å². The van der Waals surface area contributed by atoms with E-state index in [0.29, 0.717) is 19.3 Å². The number of aliphatic hydroxyl groups is 2. The smallest absolute Gasteiger partial charge is 0.306 e. The zero-order valence-electron chi connectivity index (χ0n) is 33.5. The Morgan fingerprint density at radius 2 is 1.00 bits per heavy atom. The highest BCUT2D eigenvalue weighted by atomic mass is 16.5. The van der Waals surface area contributed by atoms with Gasteiger partial charge in [0.05, 0.1) is 25.2 Å². The van der Waals surface area contributed by atoms with Crippen LogP contribution in [0.3, 0.4) is 0 Å². The van der Waals surface area contributed by atoms with Gasteiger partial charge in [-0.3, -0.25) is 9.59 Å². The lowest BCUT2D eigenvalue weighted by Gasteiger charge is -2.24. The molecule has 0 radical (unpaired) electrons. The molecule has 0 aliphatic heterocycles. The number of amides is 1. The second-order valence-corrected chi connectivity index (χ2v) is 15.1. The van der Waals surface area contributed by atoms with Gasteiger partial charge in [0.15, 0.2) is 0 Å². The number of carbonyl (C=O) groups excluding carboxylic acids is 2. The summed E-state index contributed by atoms with van der Waals surface area (Å²) in [6.07, 6.45) is 40.0. The van der Waals surface area contributed by atoms with Gasteiger partial charge >= 0.3 is 5.97 Å². The van der Waals surface area contributed by atoms with Gasteiger partial charge in [-0.25, -0.2) is 0 Å². The molecular weight excluding hydrogens is 622 g/mol. The van der Waals surface area contributed by atoms with Crippen LogP contribution in [0, 0.1) is 0 Å². The summed E-state index contributed by atoms with van der Waals surface area (Å²) in [4.78, 5) is 25.8. The molecule has 1 amide bonds. The zero-order chi connectivity index (χ0) is 36.8. The minimum Gasteiger partial charge on any atom is -0.462 e. The van der Waals surface area contributed by atoms with E-state index >= 15 is 0 Å². The van der Waals surface area contributed by atoms with E-state index in [-0.39, 0.29) is 24.9 Å². The summed E-state index contributed by atoms with van der Waals surface area (Å²) in [6.45, 7) is 6.38. The maximum absolute atomic E-state index is 13.0. The van der Waals surface area contributed by atoms with Crippen LogP contribution in [0.5, 0.6) is 0 Å². The Hall–Kier alpha value is -1.40. The molecule has 296 valence electrons. The molecule has 3 atom stereocenters. The first-order chi connectivity index (χ1) is 24.5. The predicted octanol–water partition coefficient (Wildman–Crippen LogP) is 12.2. The maximum atomic E-state index is 13.0. The zero-order valence-corrected chi connectivity index (χ0v) is 33.5. The Bertz CT molecular complexity index is 757. The first kappa shape index (κ1) is 48.6. The molecule has 0 aromatic rings. The van der Waals surface area contributed by atoms with E-state index in [4.69, 9.17) is 4.74 Å². The van der Waals surface area contributed by atoms with Crippen LogP contribution in [0.1, 0.15) is 233 Å². The number of hydrogen-bond acceptors (Lipinski definition) is 5. The van der Waals surface area contributed by atoms with Crippen LogP contribution in [-0.4, -0.2) is 46.9 Å². The van der Waals surface area contributed by atoms with Crippen LogP contribution < -0.4 is 5.32 Å². The summed E-state index contributed by atoms with van der Waals surface area (Å²) in [6, 6.07) is -0.693. The largest absolute Gasteiger partial charge is 0.462 e. The first-order valence-electron chi connectivity index (χ1n) is 21.9. The molecule has 50 heavy (non-hydrogen) atoms. The van der Waals surface area contributed by atoms with Crippen LogP contribution in [0.25, 0.3) is 0 Å². The summed E-state index contributed by atoms with van der Waals surface area (Å²) < 4.78 is 5.85. The van der Waals surface area contributed by atoms with E-state index in [9.17, 15) is 19.8 Å². The van der Waals surface area contributed by atoms with E-state index < -0.39 is 18.2 Å². The van der Waals surface area contributed by atoms with Gasteiger partial charge in [0, 0.05) is 6.42 Å². The summed E-state index contributed by atoms with van der Waals surface area (Å²) in [5.74, 6) is -0.484. The molecule has 3 unspecified atom stereocenters. The van der Waals surface area contributed by atoms with Gasteiger partial charge in [0.1, 0.15) is 6.10 Å². The summed E-state index contributed by atoms with van der Waals surface area (Å²) in [7, 11) is 0. The SMILES string of the molecule is CCC/C=C\CCCCCCCC(=O)OC(CCCCCCCCC)CC(=O)NC(CO)C(O)CCCCCCCCCCCCCCCC. The number of hydrogen-bond donors (Lipinski definition) is 3. The van der Waals surface area contributed by atoms with Crippen LogP contribution in [-0.2, 0) is 14.3 Å². The van der Waals surface area contributed by atoms with E-state index in [1.807, 2.05) is 0 Å². The molecule has 0 rings (SSSR count). The number of esters is 1. The van der Waals surface area contributed by atoms with Crippen molar-refractivity contribution in [3.63, 3.8) is 0 Å². The third-order valence-electron chi connectivity index (χ3n) is 10.1. The maximum Gasteiger partial charge on any atom is 0.306 e. The van der Waals surface area contributed by atoms with Gasteiger partial charge in [-0.05, 0) is 44.9 Å². The normalized spacial score (nSPS) is 13.5. The predicted molar refractivity (Wildman–Crippen MR) is 213 cm³/mol. The fraction of sp³-hybridized carbons (Fsp3) is 0.909. The summed E-state index contributed by atoms with van der Waals surface area (Å²) >= 11 is 0. The van der Waals surface area contributed by atoms with Gasteiger partial charge in [-0.1, -0.05) is 187 Å². The standard InChI is InChI=1S/C44H85NO5/c1-4-7-10-13-16-18-20-21-22-23-24-27-30-33-36-42(47)41(39-46)45-43(48)38-40(35-32-29-26-15-12-9-6-3)50-44(49)37-34-31-28-25-19-17-14-11-8-5-2/h11,14,40-42,46-47H,4-10,12-13,15-39H2,1-3H3,(H,45,48)/b14-11-. The van der Waals surface area contributed by atoms with Crippen LogP contribution in [0.4, 0.5) is 0 Å². The van der Waals surface area contributed by atoms with Crippen LogP contribution in [0.2, 0.25) is 0 Å². The number of unbranched alkanes of at least 4 members (excludes halogenated alkanes) is 25. The van der Waals surface area contributed by atoms with Crippen molar-refractivity contribution in [3.05, 3.63) is 12.2 Å². The molecule has 0 saturated carbocycles. The molecular formula is C44H85NO5. The van der Waals surface area contributed by atoms with Crippen molar-refractivity contribution < 1.29 is 24.5 Å². The first-order valence-corrected chi connectivity index (χ1v) is 21.9. The van der Waals surface area contributed by atoms with Crippen molar-refractivity contribution >= 4 is 11.9 Å². The molecule has 0 spiro atoms. The lowest BCUT2D eigenvalue weighted by molar-refractivity contribution is -0.151. The monoisotopic (exact) mass is 708 g/mol. The Kier molecular flexibility index (Phi) is 37.7. The van der Waals surface area contributed by atoms with Crippen LogP contribution >= 0.6 is 0 Å². The van der Waals surface area contributed by atoms with E-state index in [2.05, 4.69) is 38.2 Å². The van der Waals surface area contributed by atoms with Crippen molar-refractivity contribution in [2.24, 2.45) is 0 Å². The van der Waals surface area contributed by atoms with Gasteiger partial charge in [0.25, 0.3) is 0 Å². The quantitative estimate of drug-likeness (QED) is 0.0336. The fourth-order valence-corrected chi connectivity index (χ4v) is 6.73. The molecule has 0 aliphatic rings. The Morgan fingerprint density at radius 3 is 1.50 bits per heavy atom. The van der Waals surface area contributed by atoms with Crippen molar-refractivity contribution in [1.82, 2.24) is 5.32 Å². The van der Waals surface area contributed by atoms with Gasteiger partial charge in [-0.2, -0.15) is 0 Å². The number of rotatable bonds is 39. The molecule has 0 fully saturated rings. The number of carbonyl (C=O) groups is 2. The van der Waals surface area contributed by atoms with Gasteiger partial charge in [0.2, 0.25) is 5.91 Å². The fourth-order valence-electron chi connectivity index (χ4n) is 6.73. The summed E-state index contributed by atoms with van der Waals surface area (Å²) in [5, 5.41) is 23.6. The Labute approximate surface area is 310 Å². The third-order valence-corrected chi connectivity index (χ3v) is 10.1. The van der Waals surface area contributed by atoms with E-state index in [1.54, 1.807) is 0 Å². The lowest BCUT2D eigenvalue weighted by Crippen LogP contribution is -2.46. The molecule has 0 aromatic heterocycles. The minimum absolute atomic E-state index is 0.0786. The molecule has 6 nitrogen and oxygen atoms in total. The molecule has 3 N–H and O–H groups in total. The Morgan fingerprint density at radius 1 is 0.560 bits per heavy atom. The second-order valence-electron chi connectivity index (χ2n) is 15.1.